The van der Waals surface area contributed by atoms with Crippen LogP contribution in [-0.4, -0.2) is 38.8 Å². The van der Waals surface area contributed by atoms with Gasteiger partial charge < -0.3 is 9.88 Å². The largest absolute Gasteiger partial charge is 0.333 e. The molecule has 2 heterocycles. The van der Waals surface area contributed by atoms with E-state index in [1.54, 1.807) is 24.3 Å². The molecule has 1 amide bonds. The SMILES string of the molecule is C=CC(=O)Nc1cccc(C#CCn2c(=O)n(C)c(=O)c3c2nc(S(=O)(=O)CC2CC2)n3C)c1. The molecule has 0 aliphatic heterocycles. The van der Waals surface area contributed by atoms with Gasteiger partial charge in [-0.2, -0.15) is 4.98 Å². The molecule has 2 aromatic heterocycles. The summed E-state index contributed by atoms with van der Waals surface area (Å²) in [5, 5.41) is 2.41. The normalized spacial score (nSPS) is 13.4. The Morgan fingerprint density at radius 1 is 1.26 bits per heavy atom. The van der Waals surface area contributed by atoms with E-state index >= 15 is 0 Å². The van der Waals surface area contributed by atoms with Crippen molar-refractivity contribution in [1.82, 2.24) is 18.7 Å². The van der Waals surface area contributed by atoms with Crippen molar-refractivity contribution in [3.05, 3.63) is 63.3 Å². The number of hydrogen-bond donors (Lipinski definition) is 1. The molecule has 11 heteroatoms. The zero-order valence-electron chi connectivity index (χ0n) is 18.7. The van der Waals surface area contributed by atoms with Crippen LogP contribution in [0.3, 0.4) is 0 Å². The number of aryl methyl sites for hydroxylation is 1. The monoisotopic (exact) mass is 481 g/mol. The van der Waals surface area contributed by atoms with Crippen LogP contribution >= 0.6 is 0 Å². The highest BCUT2D eigenvalue weighted by atomic mass is 32.2. The molecule has 0 saturated heterocycles. The first kappa shape index (κ1) is 23.3. The number of hydrogen-bond acceptors (Lipinski definition) is 6. The van der Waals surface area contributed by atoms with Crippen LogP contribution in [0.5, 0.6) is 0 Å². The quantitative estimate of drug-likeness (QED) is 0.410. The molecule has 1 aliphatic rings. The molecule has 1 aromatic carbocycles. The molecule has 1 saturated carbocycles. The van der Waals surface area contributed by atoms with Crippen LogP contribution in [0, 0.1) is 17.8 Å². The maximum absolute atomic E-state index is 12.9. The Morgan fingerprint density at radius 3 is 2.68 bits per heavy atom. The van der Waals surface area contributed by atoms with Crippen LogP contribution in [0.1, 0.15) is 18.4 Å². The van der Waals surface area contributed by atoms with Crippen LogP contribution in [-0.2, 0) is 35.3 Å². The first-order valence-electron chi connectivity index (χ1n) is 10.5. The molecule has 176 valence electrons. The minimum absolute atomic E-state index is 0.0207. The Bertz CT molecular complexity index is 1610. The van der Waals surface area contributed by atoms with Gasteiger partial charge in [0.2, 0.25) is 20.9 Å². The lowest BCUT2D eigenvalue weighted by Gasteiger charge is -2.06. The van der Waals surface area contributed by atoms with Crippen LogP contribution < -0.4 is 16.6 Å². The van der Waals surface area contributed by atoms with Gasteiger partial charge in [-0.05, 0) is 43.0 Å². The van der Waals surface area contributed by atoms with E-state index in [-0.39, 0.29) is 40.4 Å². The molecule has 1 aliphatic carbocycles. The number of nitrogens with one attached hydrogen (secondary N) is 1. The van der Waals surface area contributed by atoms with E-state index in [1.165, 1.54) is 23.2 Å². The summed E-state index contributed by atoms with van der Waals surface area (Å²) in [5.74, 6) is 5.49. The minimum Gasteiger partial charge on any atom is -0.322 e. The van der Waals surface area contributed by atoms with Crippen LogP contribution in [0.4, 0.5) is 5.69 Å². The molecule has 10 nitrogen and oxygen atoms in total. The zero-order valence-corrected chi connectivity index (χ0v) is 19.6. The number of carbonyl (C=O) groups excluding carboxylic acids is 1. The van der Waals surface area contributed by atoms with E-state index in [0.717, 1.165) is 23.5 Å². The van der Waals surface area contributed by atoms with E-state index < -0.39 is 21.1 Å². The number of amides is 1. The lowest BCUT2D eigenvalue weighted by molar-refractivity contribution is -0.111. The third kappa shape index (κ3) is 4.45. The summed E-state index contributed by atoms with van der Waals surface area (Å²) in [6, 6.07) is 6.82. The summed E-state index contributed by atoms with van der Waals surface area (Å²) in [6.45, 7) is 3.29. The topological polar surface area (TPSA) is 125 Å². The van der Waals surface area contributed by atoms with Gasteiger partial charge in [-0.15, -0.1) is 0 Å². The Morgan fingerprint density at radius 2 is 2.00 bits per heavy atom. The highest BCUT2D eigenvalue weighted by Crippen LogP contribution is 2.32. The molecule has 3 aromatic rings. The number of fused-ring (bicyclic) bond motifs is 1. The fraction of sp³-hybridized carbons (Fsp3) is 0.304. The average molecular weight is 482 g/mol. The fourth-order valence-electron chi connectivity index (χ4n) is 3.59. The number of aromatic nitrogens is 4. The number of anilines is 1. The van der Waals surface area contributed by atoms with Gasteiger partial charge >= 0.3 is 5.69 Å². The molecule has 0 radical (unpaired) electrons. The van der Waals surface area contributed by atoms with Gasteiger partial charge in [-0.3, -0.25) is 18.7 Å². The number of nitrogens with zero attached hydrogens (tertiary/aromatic N) is 4. The summed E-state index contributed by atoms with van der Waals surface area (Å²) in [7, 11) is -0.936. The molecule has 0 spiro atoms. The average Bonchev–Trinajstić information content (AvgIpc) is 3.53. The molecule has 4 rings (SSSR count). The molecule has 34 heavy (non-hydrogen) atoms. The van der Waals surface area contributed by atoms with Crippen molar-refractivity contribution in [2.24, 2.45) is 20.0 Å². The van der Waals surface area contributed by atoms with Crippen molar-refractivity contribution < 1.29 is 13.2 Å². The van der Waals surface area contributed by atoms with Crippen molar-refractivity contribution in [2.45, 2.75) is 24.5 Å². The third-order valence-corrected chi connectivity index (χ3v) is 7.36. The van der Waals surface area contributed by atoms with Crippen LogP contribution in [0.15, 0.2) is 51.7 Å². The van der Waals surface area contributed by atoms with Gasteiger partial charge in [-0.1, -0.05) is 24.5 Å². The Balaban J connectivity index is 1.74. The third-order valence-electron chi connectivity index (χ3n) is 5.53. The second-order valence-corrected chi connectivity index (χ2v) is 10.1. The standard InChI is InChI=1S/C23H23N5O5S/c1-4-18(29)24-17-9-5-7-15(13-17)8-6-12-28-20-19(21(30)27(3)23(28)31)26(2)22(25-20)34(32,33)14-16-10-11-16/h4-5,7,9,13,16H,1,10-12,14H2,2-3H3,(H,24,29). The maximum Gasteiger partial charge on any atom is 0.333 e. The van der Waals surface area contributed by atoms with Crippen molar-refractivity contribution >= 4 is 32.6 Å². The van der Waals surface area contributed by atoms with Gasteiger partial charge in [-0.25, -0.2) is 13.2 Å². The Kier molecular flexibility index (Phi) is 6.01. The fourth-order valence-corrected chi connectivity index (χ4v) is 5.42. The molecule has 0 atom stereocenters. The van der Waals surface area contributed by atoms with Gasteiger partial charge in [0.15, 0.2) is 11.2 Å². The minimum atomic E-state index is -3.72. The van der Waals surface area contributed by atoms with Gasteiger partial charge in [0.1, 0.15) is 0 Å². The van der Waals surface area contributed by atoms with Crippen LogP contribution in [0.2, 0.25) is 0 Å². The zero-order chi connectivity index (χ0) is 24.6. The first-order chi connectivity index (χ1) is 16.1. The number of benzene rings is 1. The first-order valence-corrected chi connectivity index (χ1v) is 12.2. The number of sulfone groups is 1. The highest BCUT2D eigenvalue weighted by molar-refractivity contribution is 7.91. The van der Waals surface area contributed by atoms with E-state index in [9.17, 15) is 22.8 Å². The van der Waals surface area contributed by atoms with Crippen molar-refractivity contribution in [2.75, 3.05) is 11.1 Å². The predicted octanol–water partition coefficient (Wildman–Crippen LogP) is 0.794. The van der Waals surface area contributed by atoms with E-state index in [1.807, 2.05) is 0 Å². The second-order valence-electron chi connectivity index (χ2n) is 8.16. The van der Waals surface area contributed by atoms with Crippen LogP contribution in [0.25, 0.3) is 11.2 Å². The predicted molar refractivity (Wildman–Crippen MR) is 127 cm³/mol. The van der Waals surface area contributed by atoms with E-state index in [2.05, 4.69) is 28.7 Å². The summed E-state index contributed by atoms with van der Waals surface area (Å²) < 4.78 is 29.0. The lowest BCUT2D eigenvalue weighted by Crippen LogP contribution is -2.38. The van der Waals surface area contributed by atoms with Crippen molar-refractivity contribution in [3.63, 3.8) is 0 Å². The van der Waals surface area contributed by atoms with Crippen molar-refractivity contribution in [1.29, 1.82) is 0 Å². The highest BCUT2D eigenvalue weighted by Gasteiger charge is 2.33. The molecule has 1 N–H and O–H groups in total. The molecular formula is C23H23N5O5S. The smallest absolute Gasteiger partial charge is 0.322 e. The van der Waals surface area contributed by atoms with Gasteiger partial charge in [0.05, 0.1) is 12.3 Å². The molecule has 0 unspecified atom stereocenters. The maximum atomic E-state index is 12.9. The second kappa shape index (κ2) is 8.79. The number of carbonyl (C=O) groups is 1. The summed E-state index contributed by atoms with van der Waals surface area (Å²) in [4.78, 5) is 41.3. The Hall–Kier alpha value is -3.91. The van der Waals surface area contributed by atoms with E-state index in [0.29, 0.717) is 11.3 Å². The lowest BCUT2D eigenvalue weighted by atomic mass is 10.2. The van der Waals surface area contributed by atoms with E-state index in [4.69, 9.17) is 0 Å². The van der Waals surface area contributed by atoms with Gasteiger partial charge in [0.25, 0.3) is 5.56 Å². The van der Waals surface area contributed by atoms with Gasteiger partial charge in [0, 0.05) is 25.3 Å². The summed E-state index contributed by atoms with van der Waals surface area (Å²) in [6.07, 6.45) is 2.86. The number of rotatable bonds is 6. The summed E-state index contributed by atoms with van der Waals surface area (Å²) in [5.41, 5.74) is -0.155. The number of imidazole rings is 1. The Labute approximate surface area is 195 Å². The molecule has 1 fully saturated rings. The molecule has 0 bridgehead atoms. The molecular weight excluding hydrogens is 458 g/mol. The van der Waals surface area contributed by atoms with Crippen molar-refractivity contribution in [3.8, 4) is 11.8 Å². The summed E-state index contributed by atoms with van der Waals surface area (Å²) >= 11 is 0.